The molecule has 5 heteroatoms. The van der Waals surface area contributed by atoms with Crippen molar-refractivity contribution in [3.8, 4) is 5.75 Å². The highest BCUT2D eigenvalue weighted by Gasteiger charge is 2.06. The van der Waals surface area contributed by atoms with Gasteiger partial charge in [-0.05, 0) is 24.6 Å². The van der Waals surface area contributed by atoms with Crippen LogP contribution in [0.2, 0.25) is 0 Å². The third-order valence-corrected chi connectivity index (χ3v) is 2.41. The minimum Gasteiger partial charge on any atom is -0.508 e. The molecule has 0 amide bonds. The molecule has 0 aliphatic rings. The summed E-state index contributed by atoms with van der Waals surface area (Å²) >= 11 is 0. The number of hydrogen-bond donors (Lipinski definition) is 3. The minimum atomic E-state index is 0.150. The zero-order valence-corrected chi connectivity index (χ0v) is 9.01. The summed E-state index contributed by atoms with van der Waals surface area (Å²) in [5.41, 5.74) is 1.04. The number of H-pyrrole nitrogens is 1. The van der Waals surface area contributed by atoms with E-state index in [4.69, 9.17) is 0 Å². The van der Waals surface area contributed by atoms with Crippen molar-refractivity contribution in [2.24, 2.45) is 0 Å². The van der Waals surface area contributed by atoms with Gasteiger partial charge in [0.05, 0.1) is 6.54 Å². The molecule has 0 aliphatic carbocycles. The molecule has 0 saturated carbocycles. The predicted octanol–water partition coefficient (Wildman–Crippen LogP) is 1.36. The third kappa shape index (κ3) is 2.58. The second-order valence-corrected chi connectivity index (χ2v) is 3.63. The fraction of sp³-hybridized carbons (Fsp3) is 0.273. The van der Waals surface area contributed by atoms with Crippen molar-refractivity contribution in [3.63, 3.8) is 0 Å². The molecule has 16 heavy (non-hydrogen) atoms. The first-order valence-corrected chi connectivity index (χ1v) is 5.12. The Morgan fingerprint density at radius 2 is 2.38 bits per heavy atom. The van der Waals surface area contributed by atoms with E-state index in [1.807, 2.05) is 19.1 Å². The number of benzene rings is 1. The quantitative estimate of drug-likeness (QED) is 0.724. The third-order valence-electron chi connectivity index (χ3n) is 2.41. The van der Waals surface area contributed by atoms with Gasteiger partial charge in [0.15, 0.2) is 0 Å². The van der Waals surface area contributed by atoms with Crippen LogP contribution in [0.5, 0.6) is 5.75 Å². The van der Waals surface area contributed by atoms with Crippen LogP contribution in [-0.2, 0) is 6.54 Å². The standard InChI is InChI=1S/C11H14N4O/c1-8(9-3-2-4-10(16)5-9)12-6-11-13-7-14-15-11/h2-5,7-8,12,16H,6H2,1H3,(H,13,14,15). The second-order valence-electron chi connectivity index (χ2n) is 3.63. The highest BCUT2D eigenvalue weighted by atomic mass is 16.3. The van der Waals surface area contributed by atoms with Crippen molar-refractivity contribution in [1.29, 1.82) is 0 Å². The average molecular weight is 218 g/mol. The Morgan fingerprint density at radius 1 is 1.50 bits per heavy atom. The summed E-state index contributed by atoms with van der Waals surface area (Å²) in [7, 11) is 0. The molecule has 1 aromatic carbocycles. The number of nitrogens with zero attached hydrogens (tertiary/aromatic N) is 2. The Morgan fingerprint density at radius 3 is 3.06 bits per heavy atom. The maximum atomic E-state index is 9.36. The first kappa shape index (κ1) is 10.6. The van der Waals surface area contributed by atoms with Gasteiger partial charge in [-0.2, -0.15) is 5.10 Å². The van der Waals surface area contributed by atoms with Gasteiger partial charge in [0, 0.05) is 6.04 Å². The van der Waals surface area contributed by atoms with Crippen LogP contribution < -0.4 is 5.32 Å². The molecular formula is C11H14N4O. The van der Waals surface area contributed by atoms with Gasteiger partial charge in [-0.25, -0.2) is 4.98 Å². The van der Waals surface area contributed by atoms with Crippen molar-refractivity contribution in [2.75, 3.05) is 0 Å². The van der Waals surface area contributed by atoms with Gasteiger partial charge in [-0.3, -0.25) is 5.10 Å². The molecule has 84 valence electrons. The largest absolute Gasteiger partial charge is 0.508 e. The van der Waals surface area contributed by atoms with Gasteiger partial charge in [-0.15, -0.1) is 0 Å². The maximum Gasteiger partial charge on any atom is 0.138 e. The van der Waals surface area contributed by atoms with E-state index >= 15 is 0 Å². The van der Waals surface area contributed by atoms with Crippen molar-refractivity contribution in [3.05, 3.63) is 42.0 Å². The number of nitrogens with one attached hydrogen (secondary N) is 2. The van der Waals surface area contributed by atoms with Crippen molar-refractivity contribution in [2.45, 2.75) is 19.5 Å². The van der Waals surface area contributed by atoms with E-state index in [1.54, 1.807) is 12.1 Å². The van der Waals surface area contributed by atoms with E-state index in [1.165, 1.54) is 6.33 Å². The number of aromatic nitrogens is 3. The molecule has 1 atom stereocenters. The molecule has 0 radical (unpaired) electrons. The fourth-order valence-corrected chi connectivity index (χ4v) is 1.48. The lowest BCUT2D eigenvalue weighted by atomic mass is 10.1. The topological polar surface area (TPSA) is 73.8 Å². The van der Waals surface area contributed by atoms with Crippen LogP contribution in [0, 0.1) is 0 Å². The number of aromatic amines is 1. The molecule has 3 N–H and O–H groups in total. The van der Waals surface area contributed by atoms with Crippen molar-refractivity contribution in [1.82, 2.24) is 20.5 Å². The van der Waals surface area contributed by atoms with E-state index in [-0.39, 0.29) is 11.8 Å². The molecule has 0 aliphatic heterocycles. The Balaban J connectivity index is 1.95. The first-order valence-electron chi connectivity index (χ1n) is 5.12. The Bertz CT molecular complexity index is 441. The predicted molar refractivity (Wildman–Crippen MR) is 59.7 cm³/mol. The highest BCUT2D eigenvalue weighted by Crippen LogP contribution is 2.17. The molecule has 0 bridgehead atoms. The number of phenolic OH excluding ortho intramolecular Hbond substituents is 1. The second kappa shape index (κ2) is 4.76. The molecule has 5 nitrogen and oxygen atoms in total. The lowest BCUT2D eigenvalue weighted by Crippen LogP contribution is -2.18. The molecule has 2 aromatic rings. The summed E-state index contributed by atoms with van der Waals surface area (Å²) in [6, 6.07) is 7.36. The van der Waals surface area contributed by atoms with Crippen molar-refractivity contribution < 1.29 is 5.11 Å². The maximum absolute atomic E-state index is 9.36. The number of hydrogen-bond acceptors (Lipinski definition) is 4. The SMILES string of the molecule is CC(NCc1ncn[nH]1)c1cccc(O)c1. The molecule has 0 spiro atoms. The average Bonchev–Trinajstić information content (AvgIpc) is 2.78. The van der Waals surface area contributed by atoms with E-state index in [2.05, 4.69) is 20.5 Å². The van der Waals surface area contributed by atoms with Gasteiger partial charge in [0.2, 0.25) is 0 Å². The van der Waals surface area contributed by atoms with Crippen LogP contribution in [0.15, 0.2) is 30.6 Å². The molecule has 1 aromatic heterocycles. The van der Waals surface area contributed by atoms with Gasteiger partial charge in [0.25, 0.3) is 0 Å². The molecule has 0 saturated heterocycles. The summed E-state index contributed by atoms with van der Waals surface area (Å²) in [6.07, 6.45) is 1.48. The molecule has 2 rings (SSSR count). The number of rotatable bonds is 4. The number of phenols is 1. The van der Waals surface area contributed by atoms with Crippen LogP contribution in [-0.4, -0.2) is 20.3 Å². The molecule has 1 unspecified atom stereocenters. The van der Waals surface area contributed by atoms with Crippen LogP contribution in [0.4, 0.5) is 0 Å². The summed E-state index contributed by atoms with van der Waals surface area (Å²) in [6.45, 7) is 2.65. The van der Waals surface area contributed by atoms with E-state index in [0.29, 0.717) is 6.54 Å². The molecular weight excluding hydrogens is 204 g/mol. The summed E-state index contributed by atoms with van der Waals surface area (Å²) in [5.74, 6) is 1.08. The zero-order chi connectivity index (χ0) is 11.4. The van der Waals surface area contributed by atoms with E-state index in [9.17, 15) is 5.11 Å². The number of aromatic hydroxyl groups is 1. The van der Waals surface area contributed by atoms with E-state index < -0.39 is 0 Å². The van der Waals surface area contributed by atoms with Crippen LogP contribution in [0.3, 0.4) is 0 Å². The lowest BCUT2D eigenvalue weighted by Gasteiger charge is -2.13. The molecule has 0 fully saturated rings. The van der Waals surface area contributed by atoms with Crippen LogP contribution in [0.25, 0.3) is 0 Å². The normalized spacial score (nSPS) is 12.6. The van der Waals surface area contributed by atoms with Crippen molar-refractivity contribution >= 4 is 0 Å². The van der Waals surface area contributed by atoms with Gasteiger partial charge in [0.1, 0.15) is 17.9 Å². The van der Waals surface area contributed by atoms with Gasteiger partial charge in [-0.1, -0.05) is 12.1 Å². The Labute approximate surface area is 93.5 Å². The Hall–Kier alpha value is -1.88. The monoisotopic (exact) mass is 218 g/mol. The van der Waals surface area contributed by atoms with Gasteiger partial charge >= 0.3 is 0 Å². The summed E-state index contributed by atoms with van der Waals surface area (Å²) < 4.78 is 0. The Kier molecular flexibility index (Phi) is 3.16. The minimum absolute atomic E-state index is 0.150. The summed E-state index contributed by atoms with van der Waals surface area (Å²) in [4.78, 5) is 4.02. The zero-order valence-electron chi connectivity index (χ0n) is 9.01. The van der Waals surface area contributed by atoms with Crippen LogP contribution >= 0.6 is 0 Å². The summed E-state index contributed by atoms with van der Waals surface area (Å²) in [5, 5.41) is 19.2. The first-order chi connectivity index (χ1) is 7.75. The van der Waals surface area contributed by atoms with Gasteiger partial charge < -0.3 is 10.4 Å². The lowest BCUT2D eigenvalue weighted by molar-refractivity contribution is 0.472. The highest BCUT2D eigenvalue weighted by molar-refractivity contribution is 5.28. The smallest absolute Gasteiger partial charge is 0.138 e. The molecule has 1 heterocycles. The fourth-order valence-electron chi connectivity index (χ4n) is 1.48. The van der Waals surface area contributed by atoms with E-state index in [0.717, 1.165) is 11.4 Å². The van der Waals surface area contributed by atoms with Crippen LogP contribution in [0.1, 0.15) is 24.4 Å².